The van der Waals surface area contributed by atoms with Gasteiger partial charge in [0.25, 0.3) is 0 Å². The van der Waals surface area contributed by atoms with Crippen LogP contribution in [0.1, 0.15) is 38.7 Å². The first-order valence-corrected chi connectivity index (χ1v) is 7.06. The van der Waals surface area contributed by atoms with Crippen LogP contribution in [0.3, 0.4) is 0 Å². The van der Waals surface area contributed by atoms with Crippen molar-refractivity contribution < 1.29 is 9.47 Å². The first-order valence-electron chi connectivity index (χ1n) is 7.06. The fraction of sp³-hybridized carbons (Fsp3) is 0.625. The van der Waals surface area contributed by atoms with Gasteiger partial charge >= 0.3 is 0 Å². The second-order valence-electron chi connectivity index (χ2n) is 5.08. The van der Waals surface area contributed by atoms with Crippen LogP contribution in [-0.2, 0) is 0 Å². The molecule has 0 fully saturated rings. The molecule has 2 unspecified atom stereocenters. The maximum absolute atomic E-state index is 5.36. The van der Waals surface area contributed by atoms with E-state index in [0.717, 1.165) is 24.6 Å². The number of hydrogen-bond acceptors (Lipinski definition) is 3. The van der Waals surface area contributed by atoms with E-state index in [1.54, 1.807) is 14.2 Å². The Labute approximate surface area is 117 Å². The molecular weight excluding hydrogens is 238 g/mol. The summed E-state index contributed by atoms with van der Waals surface area (Å²) in [5.41, 5.74) is 1.29. The van der Waals surface area contributed by atoms with Crippen molar-refractivity contribution in [3.05, 3.63) is 23.8 Å². The second-order valence-corrected chi connectivity index (χ2v) is 5.08. The molecule has 0 bridgehead atoms. The van der Waals surface area contributed by atoms with E-state index in [2.05, 4.69) is 38.2 Å². The molecule has 1 aromatic carbocycles. The van der Waals surface area contributed by atoms with Gasteiger partial charge in [-0.2, -0.15) is 0 Å². The predicted molar refractivity (Wildman–Crippen MR) is 80.3 cm³/mol. The third-order valence-corrected chi connectivity index (χ3v) is 3.68. The Kier molecular flexibility index (Phi) is 6.71. The van der Waals surface area contributed by atoms with Crippen LogP contribution in [-0.4, -0.2) is 27.3 Å². The largest absolute Gasteiger partial charge is 0.493 e. The number of rotatable bonds is 8. The highest BCUT2D eigenvalue weighted by atomic mass is 16.5. The molecule has 0 saturated carbocycles. The van der Waals surface area contributed by atoms with Crippen LogP contribution in [0.4, 0.5) is 0 Å². The molecule has 0 aromatic heterocycles. The minimum Gasteiger partial charge on any atom is -0.493 e. The summed E-state index contributed by atoms with van der Waals surface area (Å²) in [6.07, 6.45) is 1.18. The van der Waals surface area contributed by atoms with Gasteiger partial charge in [0.05, 0.1) is 14.2 Å². The number of methoxy groups -OCH3 is 2. The van der Waals surface area contributed by atoms with E-state index in [4.69, 9.17) is 9.47 Å². The number of ether oxygens (including phenoxy) is 2. The molecule has 0 aliphatic carbocycles. The summed E-state index contributed by atoms with van der Waals surface area (Å²) in [6, 6.07) is 6.19. The zero-order chi connectivity index (χ0) is 14.3. The Bertz CT molecular complexity index is 379. The summed E-state index contributed by atoms with van der Waals surface area (Å²) in [7, 11) is 3.34. The van der Waals surface area contributed by atoms with E-state index in [0.29, 0.717) is 11.8 Å². The van der Waals surface area contributed by atoms with E-state index in [-0.39, 0.29) is 0 Å². The normalized spacial score (nSPS) is 13.9. The van der Waals surface area contributed by atoms with E-state index in [1.807, 2.05) is 6.07 Å². The first-order chi connectivity index (χ1) is 9.13. The molecule has 108 valence electrons. The molecule has 0 radical (unpaired) electrons. The van der Waals surface area contributed by atoms with Crippen LogP contribution in [0.15, 0.2) is 18.2 Å². The van der Waals surface area contributed by atoms with Crippen LogP contribution < -0.4 is 14.8 Å². The summed E-state index contributed by atoms with van der Waals surface area (Å²) in [6.45, 7) is 8.87. The molecule has 0 aliphatic heterocycles. The Morgan fingerprint density at radius 3 is 2.37 bits per heavy atom. The molecule has 3 heteroatoms. The van der Waals surface area contributed by atoms with Gasteiger partial charge in [0, 0.05) is 0 Å². The summed E-state index contributed by atoms with van der Waals surface area (Å²) in [5.74, 6) is 2.67. The molecule has 1 rings (SSSR count). The van der Waals surface area contributed by atoms with Crippen molar-refractivity contribution >= 4 is 0 Å². The van der Waals surface area contributed by atoms with Gasteiger partial charge in [0.15, 0.2) is 11.5 Å². The van der Waals surface area contributed by atoms with Crippen molar-refractivity contribution in [2.24, 2.45) is 5.92 Å². The van der Waals surface area contributed by atoms with E-state index >= 15 is 0 Å². The summed E-state index contributed by atoms with van der Waals surface area (Å²) in [5, 5.41) is 3.48. The van der Waals surface area contributed by atoms with Crippen molar-refractivity contribution in [2.75, 3.05) is 27.3 Å². The van der Waals surface area contributed by atoms with Crippen LogP contribution >= 0.6 is 0 Å². The third-order valence-electron chi connectivity index (χ3n) is 3.68. The minimum atomic E-state index is 0.490. The Morgan fingerprint density at radius 2 is 1.79 bits per heavy atom. The van der Waals surface area contributed by atoms with Crippen molar-refractivity contribution in [1.82, 2.24) is 5.32 Å². The quantitative estimate of drug-likeness (QED) is 0.730. The van der Waals surface area contributed by atoms with Crippen LogP contribution in [0.5, 0.6) is 11.5 Å². The minimum absolute atomic E-state index is 0.490. The van der Waals surface area contributed by atoms with Crippen LogP contribution in [0.2, 0.25) is 0 Å². The molecule has 0 heterocycles. The Balaban J connectivity index is 2.73. The van der Waals surface area contributed by atoms with Crippen molar-refractivity contribution in [1.29, 1.82) is 0 Å². The van der Waals surface area contributed by atoms with E-state index < -0.39 is 0 Å². The SMILES string of the molecule is CCCNCC(C)C(C)c1ccc(OC)c(OC)c1. The molecule has 2 atom stereocenters. The molecule has 19 heavy (non-hydrogen) atoms. The van der Waals surface area contributed by atoms with E-state index in [1.165, 1.54) is 12.0 Å². The standard InChI is InChI=1S/C16H27NO2/c1-6-9-17-11-12(2)13(3)14-7-8-15(18-4)16(10-14)19-5/h7-8,10,12-13,17H,6,9,11H2,1-5H3. The molecule has 1 N–H and O–H groups in total. The van der Waals surface area contributed by atoms with Gasteiger partial charge in [-0.1, -0.05) is 26.8 Å². The zero-order valence-electron chi connectivity index (χ0n) is 12.8. The molecule has 1 aromatic rings. The zero-order valence-corrected chi connectivity index (χ0v) is 12.8. The smallest absolute Gasteiger partial charge is 0.160 e. The van der Waals surface area contributed by atoms with Crippen molar-refractivity contribution in [3.63, 3.8) is 0 Å². The van der Waals surface area contributed by atoms with Crippen LogP contribution in [0.25, 0.3) is 0 Å². The monoisotopic (exact) mass is 265 g/mol. The van der Waals surface area contributed by atoms with Gasteiger partial charge in [-0.05, 0) is 49.0 Å². The predicted octanol–water partition coefficient (Wildman–Crippen LogP) is 3.44. The summed E-state index contributed by atoms with van der Waals surface area (Å²) < 4.78 is 10.6. The summed E-state index contributed by atoms with van der Waals surface area (Å²) >= 11 is 0. The number of nitrogens with one attached hydrogen (secondary N) is 1. The molecular formula is C16H27NO2. The lowest BCUT2D eigenvalue weighted by atomic mass is 9.88. The highest BCUT2D eigenvalue weighted by molar-refractivity contribution is 5.43. The number of benzene rings is 1. The van der Waals surface area contributed by atoms with Crippen LogP contribution in [0, 0.1) is 5.92 Å². The molecule has 0 spiro atoms. The van der Waals surface area contributed by atoms with Gasteiger partial charge in [-0.3, -0.25) is 0 Å². The highest BCUT2D eigenvalue weighted by Crippen LogP contribution is 2.32. The third kappa shape index (κ3) is 4.43. The van der Waals surface area contributed by atoms with Gasteiger partial charge in [0.2, 0.25) is 0 Å². The molecule has 3 nitrogen and oxygen atoms in total. The fourth-order valence-electron chi connectivity index (χ4n) is 2.15. The van der Waals surface area contributed by atoms with Gasteiger partial charge in [0.1, 0.15) is 0 Å². The fourth-order valence-corrected chi connectivity index (χ4v) is 2.15. The molecule has 0 amide bonds. The molecule has 0 saturated heterocycles. The highest BCUT2D eigenvalue weighted by Gasteiger charge is 2.16. The van der Waals surface area contributed by atoms with Gasteiger partial charge in [-0.15, -0.1) is 0 Å². The topological polar surface area (TPSA) is 30.5 Å². The summed E-state index contributed by atoms with van der Waals surface area (Å²) in [4.78, 5) is 0. The second kappa shape index (κ2) is 8.05. The first kappa shape index (κ1) is 15.8. The average molecular weight is 265 g/mol. The Hall–Kier alpha value is -1.22. The van der Waals surface area contributed by atoms with Gasteiger partial charge < -0.3 is 14.8 Å². The Morgan fingerprint density at radius 1 is 1.11 bits per heavy atom. The maximum atomic E-state index is 5.36. The lowest BCUT2D eigenvalue weighted by Crippen LogP contribution is -2.25. The lowest BCUT2D eigenvalue weighted by molar-refractivity contribution is 0.353. The van der Waals surface area contributed by atoms with Gasteiger partial charge in [-0.25, -0.2) is 0 Å². The molecule has 0 aliphatic rings. The van der Waals surface area contributed by atoms with Crippen molar-refractivity contribution in [2.45, 2.75) is 33.1 Å². The lowest BCUT2D eigenvalue weighted by Gasteiger charge is -2.22. The van der Waals surface area contributed by atoms with Crippen molar-refractivity contribution in [3.8, 4) is 11.5 Å². The maximum Gasteiger partial charge on any atom is 0.160 e. The van der Waals surface area contributed by atoms with E-state index in [9.17, 15) is 0 Å². The average Bonchev–Trinajstić information content (AvgIpc) is 2.45. The number of hydrogen-bond donors (Lipinski definition) is 1.